The molecule has 2 aromatic rings. The Labute approximate surface area is 175 Å². The second-order valence-electron chi connectivity index (χ2n) is 7.40. The van der Waals surface area contributed by atoms with Gasteiger partial charge in [0, 0.05) is 45.2 Å². The molecule has 0 aromatic heterocycles. The van der Waals surface area contributed by atoms with E-state index in [4.69, 9.17) is 0 Å². The Morgan fingerprint density at radius 1 is 1.03 bits per heavy atom. The summed E-state index contributed by atoms with van der Waals surface area (Å²) in [6.07, 6.45) is 0.647. The maximum absolute atomic E-state index is 12.6. The number of nitrogens with zero attached hydrogens (tertiary/aromatic N) is 3. The molecular formula is C22H26N4O4. The molecular weight excluding hydrogens is 384 g/mol. The van der Waals surface area contributed by atoms with Gasteiger partial charge in [-0.3, -0.25) is 24.6 Å². The third kappa shape index (κ3) is 5.64. The van der Waals surface area contributed by atoms with Crippen molar-refractivity contribution in [1.29, 1.82) is 0 Å². The average Bonchev–Trinajstić information content (AvgIpc) is 2.74. The van der Waals surface area contributed by atoms with Crippen LogP contribution in [0.3, 0.4) is 0 Å². The molecule has 1 N–H and O–H groups in total. The minimum Gasteiger partial charge on any atom is -0.340 e. The molecule has 0 bridgehead atoms. The highest BCUT2D eigenvalue weighted by Crippen LogP contribution is 2.23. The highest BCUT2D eigenvalue weighted by atomic mass is 16.6. The normalized spacial score (nSPS) is 14.4. The zero-order valence-corrected chi connectivity index (χ0v) is 17.0. The smallest absolute Gasteiger partial charge is 0.292 e. The number of carbonyl (C=O) groups excluding carboxylic acids is 2. The van der Waals surface area contributed by atoms with Crippen LogP contribution in [0.25, 0.3) is 0 Å². The third-order valence-corrected chi connectivity index (χ3v) is 5.36. The van der Waals surface area contributed by atoms with Crippen molar-refractivity contribution in [2.24, 2.45) is 0 Å². The second-order valence-corrected chi connectivity index (χ2v) is 7.40. The fraction of sp³-hybridized carbons (Fsp3) is 0.364. The van der Waals surface area contributed by atoms with E-state index in [-0.39, 0.29) is 29.6 Å². The fourth-order valence-corrected chi connectivity index (χ4v) is 3.51. The van der Waals surface area contributed by atoms with Crippen molar-refractivity contribution < 1.29 is 14.5 Å². The molecule has 0 saturated carbocycles. The largest absolute Gasteiger partial charge is 0.340 e. The summed E-state index contributed by atoms with van der Waals surface area (Å²) in [6.45, 7) is 5.24. The number of hydrogen-bond donors (Lipinski definition) is 1. The van der Waals surface area contributed by atoms with E-state index in [0.29, 0.717) is 39.1 Å². The predicted molar refractivity (Wildman–Crippen MR) is 114 cm³/mol. The van der Waals surface area contributed by atoms with Gasteiger partial charge in [0.05, 0.1) is 11.3 Å². The minimum atomic E-state index is -0.511. The lowest BCUT2D eigenvalue weighted by atomic mass is 10.1. The van der Waals surface area contributed by atoms with Crippen molar-refractivity contribution in [3.05, 3.63) is 69.8 Å². The van der Waals surface area contributed by atoms with Crippen LogP contribution in [0.2, 0.25) is 0 Å². The van der Waals surface area contributed by atoms with Crippen LogP contribution in [0.1, 0.15) is 17.5 Å². The van der Waals surface area contributed by atoms with Crippen molar-refractivity contribution >= 4 is 23.2 Å². The van der Waals surface area contributed by atoms with Crippen LogP contribution in [-0.4, -0.2) is 59.3 Å². The summed E-state index contributed by atoms with van der Waals surface area (Å²) in [5.41, 5.74) is 2.26. The standard InChI is InChI=1S/C22H26N4O4/c1-17-6-2-3-7-18(17)16-22(28)25-14-12-24(13-15-25)11-10-21(27)23-19-8-4-5-9-20(19)26(29)30/h2-9H,10-16H2,1H3,(H,23,27). The molecule has 1 saturated heterocycles. The molecule has 2 aromatic carbocycles. The molecule has 8 heteroatoms. The first-order valence-electron chi connectivity index (χ1n) is 10.0. The van der Waals surface area contributed by atoms with Gasteiger partial charge < -0.3 is 10.2 Å². The number of benzene rings is 2. The molecule has 2 amide bonds. The molecule has 0 atom stereocenters. The molecule has 0 radical (unpaired) electrons. The van der Waals surface area contributed by atoms with Gasteiger partial charge in [-0.15, -0.1) is 0 Å². The van der Waals surface area contributed by atoms with Crippen molar-refractivity contribution in [3.8, 4) is 0 Å². The van der Waals surface area contributed by atoms with Gasteiger partial charge in [-0.05, 0) is 24.1 Å². The van der Waals surface area contributed by atoms with E-state index in [9.17, 15) is 19.7 Å². The lowest BCUT2D eigenvalue weighted by molar-refractivity contribution is -0.383. The summed E-state index contributed by atoms with van der Waals surface area (Å²) < 4.78 is 0. The van der Waals surface area contributed by atoms with E-state index in [1.807, 2.05) is 36.1 Å². The lowest BCUT2D eigenvalue weighted by Crippen LogP contribution is -2.49. The van der Waals surface area contributed by atoms with E-state index < -0.39 is 4.92 Å². The number of amides is 2. The summed E-state index contributed by atoms with van der Waals surface area (Å²) in [4.78, 5) is 39.3. The van der Waals surface area contributed by atoms with E-state index in [2.05, 4.69) is 10.2 Å². The molecule has 0 aliphatic carbocycles. The third-order valence-electron chi connectivity index (χ3n) is 5.36. The van der Waals surface area contributed by atoms with Gasteiger partial charge in [-0.25, -0.2) is 0 Å². The number of nitrogens with one attached hydrogen (secondary N) is 1. The summed E-state index contributed by atoms with van der Waals surface area (Å²) in [5, 5.41) is 13.7. The van der Waals surface area contributed by atoms with Gasteiger partial charge in [0.25, 0.3) is 5.69 Å². The molecule has 0 unspecified atom stereocenters. The number of nitro groups is 1. The Morgan fingerprint density at radius 3 is 2.40 bits per heavy atom. The zero-order chi connectivity index (χ0) is 21.5. The van der Waals surface area contributed by atoms with Crippen molar-refractivity contribution in [1.82, 2.24) is 9.80 Å². The van der Waals surface area contributed by atoms with Crippen LogP contribution in [0.5, 0.6) is 0 Å². The Hall–Kier alpha value is -3.26. The molecule has 158 valence electrons. The monoisotopic (exact) mass is 410 g/mol. The highest BCUT2D eigenvalue weighted by molar-refractivity contribution is 5.93. The number of nitro benzene ring substituents is 1. The second kappa shape index (κ2) is 9.98. The Bertz CT molecular complexity index is 923. The Morgan fingerprint density at radius 2 is 1.70 bits per heavy atom. The van der Waals surface area contributed by atoms with Crippen molar-refractivity contribution in [2.75, 3.05) is 38.0 Å². The van der Waals surface area contributed by atoms with E-state index in [1.165, 1.54) is 12.1 Å². The summed E-state index contributed by atoms with van der Waals surface area (Å²) in [5.74, 6) is -0.138. The number of piperazine rings is 1. The van der Waals surface area contributed by atoms with Crippen LogP contribution in [0.15, 0.2) is 48.5 Å². The SMILES string of the molecule is Cc1ccccc1CC(=O)N1CCN(CCC(=O)Nc2ccccc2[N+](=O)[O-])CC1. The molecule has 1 fully saturated rings. The van der Waals surface area contributed by atoms with Crippen molar-refractivity contribution in [2.45, 2.75) is 19.8 Å². The number of carbonyl (C=O) groups is 2. The van der Waals surface area contributed by atoms with Crippen LogP contribution < -0.4 is 5.32 Å². The first-order chi connectivity index (χ1) is 14.4. The number of anilines is 1. The zero-order valence-electron chi connectivity index (χ0n) is 17.0. The average molecular weight is 410 g/mol. The summed E-state index contributed by atoms with van der Waals surface area (Å²) >= 11 is 0. The molecule has 30 heavy (non-hydrogen) atoms. The lowest BCUT2D eigenvalue weighted by Gasteiger charge is -2.34. The molecule has 8 nitrogen and oxygen atoms in total. The van der Waals surface area contributed by atoms with Crippen LogP contribution >= 0.6 is 0 Å². The van der Waals surface area contributed by atoms with Gasteiger partial charge in [-0.2, -0.15) is 0 Å². The quantitative estimate of drug-likeness (QED) is 0.559. The number of rotatable bonds is 7. The summed E-state index contributed by atoms with van der Waals surface area (Å²) in [6, 6.07) is 14.0. The highest BCUT2D eigenvalue weighted by Gasteiger charge is 2.22. The fourth-order valence-electron chi connectivity index (χ4n) is 3.51. The Kier molecular flexibility index (Phi) is 7.13. The molecule has 1 aliphatic heterocycles. The van der Waals surface area contributed by atoms with Crippen molar-refractivity contribution in [3.63, 3.8) is 0 Å². The van der Waals surface area contributed by atoms with E-state index in [1.54, 1.807) is 12.1 Å². The topological polar surface area (TPSA) is 95.8 Å². The Balaban J connectivity index is 1.43. The minimum absolute atomic E-state index is 0.119. The van der Waals surface area contributed by atoms with Gasteiger partial charge >= 0.3 is 0 Å². The van der Waals surface area contributed by atoms with Gasteiger partial charge in [-0.1, -0.05) is 36.4 Å². The maximum Gasteiger partial charge on any atom is 0.292 e. The van der Waals surface area contributed by atoms with Gasteiger partial charge in [0.2, 0.25) is 11.8 Å². The predicted octanol–water partition coefficient (Wildman–Crippen LogP) is 2.62. The van der Waals surface area contributed by atoms with Crippen LogP contribution in [0, 0.1) is 17.0 Å². The summed E-state index contributed by atoms with van der Waals surface area (Å²) in [7, 11) is 0. The first kappa shape index (κ1) is 21.4. The molecule has 1 aliphatic rings. The number of hydrogen-bond acceptors (Lipinski definition) is 5. The molecule has 0 spiro atoms. The van der Waals surface area contributed by atoms with Crippen LogP contribution in [0.4, 0.5) is 11.4 Å². The maximum atomic E-state index is 12.6. The first-order valence-corrected chi connectivity index (χ1v) is 10.0. The van der Waals surface area contributed by atoms with Gasteiger partial charge in [0.15, 0.2) is 0 Å². The van der Waals surface area contributed by atoms with E-state index >= 15 is 0 Å². The number of para-hydroxylation sites is 2. The molecule has 3 rings (SSSR count). The van der Waals surface area contributed by atoms with Crippen LogP contribution in [-0.2, 0) is 16.0 Å². The number of aryl methyl sites for hydroxylation is 1. The molecule has 1 heterocycles. The van der Waals surface area contributed by atoms with Gasteiger partial charge in [0.1, 0.15) is 5.69 Å². The van der Waals surface area contributed by atoms with E-state index in [0.717, 1.165) is 11.1 Å².